The topological polar surface area (TPSA) is 89.3 Å². The lowest BCUT2D eigenvalue weighted by atomic mass is 10.1. The second-order valence-corrected chi connectivity index (χ2v) is 7.58. The van der Waals surface area contributed by atoms with Gasteiger partial charge in [0.2, 0.25) is 0 Å². The summed E-state index contributed by atoms with van der Waals surface area (Å²) in [6.45, 7) is 0. The molecule has 168 valence electrons. The first-order valence-electron chi connectivity index (χ1n) is 10.4. The van der Waals surface area contributed by atoms with Crippen LogP contribution in [0.25, 0.3) is 21.8 Å². The molecule has 0 aliphatic heterocycles. The van der Waals surface area contributed by atoms with Crippen molar-refractivity contribution in [1.82, 2.24) is 4.98 Å². The molecule has 0 unspecified atom stereocenters. The SMILES string of the molecule is Nc1cc(Nc2c3ccccc3nc3ccccc23)cc(OC(=O)Nc2cc(F)ccc2F)c1. The zero-order chi connectivity index (χ0) is 23.7. The van der Waals surface area contributed by atoms with Crippen molar-refractivity contribution >= 4 is 50.6 Å². The maximum Gasteiger partial charge on any atom is 0.417 e. The van der Waals surface area contributed by atoms with Crippen molar-refractivity contribution in [3.05, 3.63) is 96.6 Å². The summed E-state index contributed by atoms with van der Waals surface area (Å²) in [5.74, 6) is -1.35. The number of hydrogen-bond acceptors (Lipinski definition) is 5. The van der Waals surface area contributed by atoms with Crippen molar-refractivity contribution in [3.63, 3.8) is 0 Å². The summed E-state index contributed by atoms with van der Waals surface area (Å²) in [6, 6.07) is 22.9. The van der Waals surface area contributed by atoms with Gasteiger partial charge in [-0.1, -0.05) is 36.4 Å². The monoisotopic (exact) mass is 456 g/mol. The molecule has 6 nitrogen and oxygen atoms in total. The average Bonchev–Trinajstić information content (AvgIpc) is 2.81. The van der Waals surface area contributed by atoms with Crippen molar-refractivity contribution in [2.75, 3.05) is 16.4 Å². The van der Waals surface area contributed by atoms with Crippen LogP contribution in [0.5, 0.6) is 5.75 Å². The van der Waals surface area contributed by atoms with Gasteiger partial charge in [0, 0.05) is 40.3 Å². The average molecular weight is 456 g/mol. The lowest BCUT2D eigenvalue weighted by Gasteiger charge is -2.15. The third-order valence-electron chi connectivity index (χ3n) is 5.16. The van der Waals surface area contributed by atoms with Crippen LogP contribution < -0.4 is 21.1 Å². The Kier molecular flexibility index (Phi) is 5.39. The highest BCUT2D eigenvalue weighted by atomic mass is 19.1. The normalized spacial score (nSPS) is 10.9. The molecule has 0 spiro atoms. The standard InChI is InChI=1S/C26H18F2N4O2/c27-15-9-10-21(28)24(11-15)32-26(33)34-18-13-16(29)12-17(14-18)30-25-19-5-1-3-7-22(19)31-23-8-4-2-6-20(23)25/h1-14H,29H2,(H,30,31)(H,32,33). The molecule has 1 aromatic heterocycles. The molecule has 34 heavy (non-hydrogen) atoms. The molecule has 0 saturated carbocycles. The van der Waals surface area contributed by atoms with Gasteiger partial charge >= 0.3 is 6.09 Å². The number of carbonyl (C=O) groups excluding carboxylic acids is 1. The van der Waals surface area contributed by atoms with E-state index in [1.165, 1.54) is 6.07 Å². The number of carbonyl (C=O) groups is 1. The Balaban J connectivity index is 1.46. The molecule has 5 aromatic rings. The molecular weight excluding hydrogens is 438 g/mol. The van der Waals surface area contributed by atoms with Gasteiger partial charge in [-0.25, -0.2) is 18.6 Å². The van der Waals surface area contributed by atoms with Crippen LogP contribution in [-0.4, -0.2) is 11.1 Å². The number of ether oxygens (including phenoxy) is 1. The highest BCUT2D eigenvalue weighted by Crippen LogP contribution is 2.34. The van der Waals surface area contributed by atoms with E-state index in [1.54, 1.807) is 12.1 Å². The van der Waals surface area contributed by atoms with Gasteiger partial charge in [0.25, 0.3) is 0 Å². The van der Waals surface area contributed by atoms with Crippen LogP contribution in [0.15, 0.2) is 84.9 Å². The Labute approximate surface area is 193 Å². The molecule has 0 bridgehead atoms. The molecule has 0 fully saturated rings. The Morgan fingerprint density at radius 1 is 0.853 bits per heavy atom. The van der Waals surface area contributed by atoms with Crippen molar-refractivity contribution in [2.45, 2.75) is 0 Å². The van der Waals surface area contributed by atoms with Crippen LogP contribution in [0.3, 0.4) is 0 Å². The van der Waals surface area contributed by atoms with E-state index >= 15 is 0 Å². The van der Waals surface area contributed by atoms with E-state index in [4.69, 9.17) is 15.5 Å². The summed E-state index contributed by atoms with van der Waals surface area (Å²) in [6.07, 6.45) is -0.985. The number of halogens is 2. The first-order chi connectivity index (χ1) is 16.5. The van der Waals surface area contributed by atoms with Gasteiger partial charge in [0.15, 0.2) is 0 Å². The van der Waals surface area contributed by atoms with Gasteiger partial charge in [-0.05, 0) is 30.3 Å². The number of benzene rings is 4. The van der Waals surface area contributed by atoms with Crippen LogP contribution in [0.4, 0.5) is 36.3 Å². The van der Waals surface area contributed by atoms with Gasteiger partial charge in [-0.15, -0.1) is 0 Å². The number of pyridine rings is 1. The maximum absolute atomic E-state index is 13.8. The minimum Gasteiger partial charge on any atom is -0.410 e. The molecule has 0 atom stereocenters. The van der Waals surface area contributed by atoms with Crippen LogP contribution in [0, 0.1) is 11.6 Å². The van der Waals surface area contributed by atoms with E-state index in [-0.39, 0.29) is 11.4 Å². The molecule has 0 aliphatic rings. The van der Waals surface area contributed by atoms with Gasteiger partial charge in [-0.3, -0.25) is 5.32 Å². The molecule has 1 amide bonds. The van der Waals surface area contributed by atoms with E-state index in [0.717, 1.165) is 45.7 Å². The summed E-state index contributed by atoms with van der Waals surface area (Å²) in [7, 11) is 0. The minimum atomic E-state index is -0.985. The number of nitrogen functional groups attached to an aromatic ring is 1. The van der Waals surface area contributed by atoms with E-state index in [9.17, 15) is 13.6 Å². The van der Waals surface area contributed by atoms with Crippen LogP contribution in [0.1, 0.15) is 0 Å². The number of nitrogens with one attached hydrogen (secondary N) is 2. The second kappa shape index (κ2) is 8.67. The number of fused-ring (bicyclic) bond motifs is 2. The molecule has 8 heteroatoms. The number of nitrogens with two attached hydrogens (primary N) is 1. The minimum absolute atomic E-state index is 0.125. The number of rotatable bonds is 4. The largest absolute Gasteiger partial charge is 0.417 e. The number of para-hydroxylation sites is 2. The summed E-state index contributed by atoms with van der Waals surface area (Å²) in [5.41, 5.74) is 9.08. The molecule has 4 aromatic carbocycles. The zero-order valence-corrected chi connectivity index (χ0v) is 17.7. The number of anilines is 4. The molecule has 1 heterocycles. The Morgan fingerprint density at radius 2 is 1.53 bits per heavy atom. The molecular formula is C26H18F2N4O2. The molecule has 0 radical (unpaired) electrons. The van der Waals surface area contributed by atoms with Crippen molar-refractivity contribution in [3.8, 4) is 5.75 Å². The van der Waals surface area contributed by atoms with Gasteiger partial charge in [0.1, 0.15) is 17.4 Å². The molecule has 5 rings (SSSR count). The van der Waals surface area contributed by atoms with Gasteiger partial charge in [-0.2, -0.15) is 0 Å². The third kappa shape index (κ3) is 4.29. The van der Waals surface area contributed by atoms with Crippen molar-refractivity contribution in [1.29, 1.82) is 0 Å². The summed E-state index contributed by atoms with van der Waals surface area (Å²) in [4.78, 5) is 17.0. The lowest BCUT2D eigenvalue weighted by molar-refractivity contribution is 0.215. The highest BCUT2D eigenvalue weighted by Gasteiger charge is 2.13. The van der Waals surface area contributed by atoms with Gasteiger partial charge in [0.05, 0.1) is 22.4 Å². The van der Waals surface area contributed by atoms with Crippen LogP contribution in [-0.2, 0) is 0 Å². The predicted molar refractivity (Wildman–Crippen MR) is 129 cm³/mol. The molecule has 0 saturated heterocycles. The third-order valence-corrected chi connectivity index (χ3v) is 5.16. The number of aromatic nitrogens is 1. The smallest absolute Gasteiger partial charge is 0.410 e. The zero-order valence-electron chi connectivity index (χ0n) is 17.7. The van der Waals surface area contributed by atoms with Crippen LogP contribution in [0.2, 0.25) is 0 Å². The number of nitrogens with zero attached hydrogens (tertiary/aromatic N) is 1. The van der Waals surface area contributed by atoms with Crippen LogP contribution >= 0.6 is 0 Å². The van der Waals surface area contributed by atoms with Crippen molar-refractivity contribution < 1.29 is 18.3 Å². The maximum atomic E-state index is 13.8. The summed E-state index contributed by atoms with van der Waals surface area (Å²) >= 11 is 0. The van der Waals surface area contributed by atoms with E-state index in [2.05, 4.69) is 10.6 Å². The quantitative estimate of drug-likeness (QED) is 0.209. The first kappa shape index (κ1) is 21.1. The number of hydrogen-bond donors (Lipinski definition) is 3. The fraction of sp³-hybridized carbons (Fsp3) is 0. The van der Waals surface area contributed by atoms with E-state index in [0.29, 0.717) is 11.4 Å². The number of amides is 1. The fourth-order valence-electron chi connectivity index (χ4n) is 3.71. The van der Waals surface area contributed by atoms with E-state index in [1.807, 2.05) is 48.5 Å². The van der Waals surface area contributed by atoms with Gasteiger partial charge < -0.3 is 15.8 Å². The fourth-order valence-corrected chi connectivity index (χ4v) is 3.71. The van der Waals surface area contributed by atoms with E-state index < -0.39 is 17.7 Å². The molecule has 4 N–H and O–H groups in total. The second-order valence-electron chi connectivity index (χ2n) is 7.58. The molecule has 0 aliphatic carbocycles. The Bertz CT molecular complexity index is 1500. The lowest BCUT2D eigenvalue weighted by Crippen LogP contribution is -2.18. The summed E-state index contributed by atoms with van der Waals surface area (Å²) < 4.78 is 32.5. The highest BCUT2D eigenvalue weighted by molar-refractivity contribution is 6.08. The first-order valence-corrected chi connectivity index (χ1v) is 10.4. The Morgan fingerprint density at radius 3 is 2.24 bits per heavy atom. The summed E-state index contributed by atoms with van der Waals surface area (Å²) in [5, 5.41) is 7.38. The van der Waals surface area contributed by atoms with Crippen molar-refractivity contribution in [2.24, 2.45) is 0 Å². The Hall–Kier alpha value is -4.72. The predicted octanol–water partition coefficient (Wildman–Crippen LogP) is 6.60.